The highest BCUT2D eigenvalue weighted by molar-refractivity contribution is 6.35. The van der Waals surface area contributed by atoms with E-state index >= 15 is 0 Å². The molecule has 2 aliphatic carbocycles. The van der Waals surface area contributed by atoms with Crippen LogP contribution in [0, 0.1) is 5.82 Å². The van der Waals surface area contributed by atoms with E-state index in [9.17, 15) is 23.9 Å². The molecule has 0 saturated carbocycles. The van der Waals surface area contributed by atoms with Gasteiger partial charge >= 0.3 is 5.97 Å². The molecule has 0 bridgehead atoms. The van der Waals surface area contributed by atoms with Gasteiger partial charge in [0.15, 0.2) is 11.6 Å². The molecule has 0 radical (unpaired) electrons. The number of ketones is 2. The minimum absolute atomic E-state index is 0.0814. The second-order valence-electron chi connectivity index (χ2n) is 9.72. The summed E-state index contributed by atoms with van der Waals surface area (Å²) in [5, 5.41) is 9.95. The fraction of sp³-hybridized carbons (Fsp3) is 0.345. The van der Waals surface area contributed by atoms with E-state index in [-0.39, 0.29) is 42.0 Å². The van der Waals surface area contributed by atoms with Crippen LogP contribution in [0.3, 0.4) is 0 Å². The fourth-order valence-corrected chi connectivity index (χ4v) is 6.25. The number of hydrogen-bond donors (Lipinski definition) is 1. The summed E-state index contributed by atoms with van der Waals surface area (Å²) in [5.41, 5.74) is 3.74. The van der Waals surface area contributed by atoms with Crippen LogP contribution in [0.4, 0.5) is 4.39 Å². The quantitative estimate of drug-likeness (QED) is 0.413. The van der Waals surface area contributed by atoms with Crippen molar-refractivity contribution < 1.29 is 28.6 Å². The number of carbonyl (C=O) groups excluding carboxylic acids is 2. The lowest BCUT2D eigenvalue weighted by atomic mass is 9.70. The van der Waals surface area contributed by atoms with E-state index in [0.717, 1.165) is 11.4 Å². The lowest BCUT2D eigenvalue weighted by molar-refractivity contribution is -0.137. The summed E-state index contributed by atoms with van der Waals surface area (Å²) in [6.07, 6.45) is 3.04. The van der Waals surface area contributed by atoms with Crippen LogP contribution in [0.2, 0.25) is 10.0 Å². The highest BCUT2D eigenvalue weighted by Crippen LogP contribution is 2.52. The minimum Gasteiger partial charge on any atom is -0.487 e. The van der Waals surface area contributed by atoms with Crippen LogP contribution < -0.4 is 4.74 Å². The molecule has 1 aliphatic heterocycles. The highest BCUT2D eigenvalue weighted by atomic mass is 35.5. The number of carbonyl (C=O) groups is 3. The standard InChI is InChI=1S/C29H26Cl2FNO5/c30-17-13-19(29(20(31)14-17)38-15-16-7-9-18(32)10-8-16)26-27-21(3-1-5-23(27)34)33(12-11-25(36)37)22-4-2-6-24(35)28(22)26/h7-10,13-14,26H,1-6,11-12,15H2,(H,36,37). The molecule has 0 aromatic heterocycles. The zero-order chi connectivity index (χ0) is 27.0. The maximum absolute atomic E-state index is 13.5. The van der Waals surface area contributed by atoms with Gasteiger partial charge in [-0.2, -0.15) is 0 Å². The average molecular weight is 558 g/mol. The Morgan fingerprint density at radius 3 is 2.16 bits per heavy atom. The fourth-order valence-electron chi connectivity index (χ4n) is 5.69. The maximum Gasteiger partial charge on any atom is 0.305 e. The molecule has 0 unspecified atom stereocenters. The number of aliphatic carboxylic acids is 1. The minimum atomic E-state index is -0.946. The average Bonchev–Trinajstić information content (AvgIpc) is 2.87. The molecule has 6 nitrogen and oxygen atoms in total. The molecule has 2 aromatic rings. The monoisotopic (exact) mass is 557 g/mol. The van der Waals surface area contributed by atoms with E-state index in [1.54, 1.807) is 24.3 Å². The number of rotatable bonds is 7. The number of ether oxygens (including phenoxy) is 1. The van der Waals surface area contributed by atoms with E-state index in [1.165, 1.54) is 12.1 Å². The zero-order valence-electron chi connectivity index (χ0n) is 20.6. The largest absolute Gasteiger partial charge is 0.487 e. The van der Waals surface area contributed by atoms with Crippen molar-refractivity contribution in [1.29, 1.82) is 0 Å². The first-order chi connectivity index (χ1) is 18.2. The second kappa shape index (κ2) is 10.9. The summed E-state index contributed by atoms with van der Waals surface area (Å²) in [6.45, 7) is 0.274. The van der Waals surface area contributed by atoms with Crippen LogP contribution in [0.5, 0.6) is 5.75 Å². The SMILES string of the molecule is O=C(O)CCN1C2=C(C(=O)CCC2)C(c2cc(Cl)cc(Cl)c2OCc2ccc(F)cc2)C2=C1CCCC2=O. The third kappa shape index (κ3) is 5.09. The highest BCUT2D eigenvalue weighted by Gasteiger charge is 2.44. The molecular formula is C29H26Cl2FNO5. The lowest BCUT2D eigenvalue weighted by Gasteiger charge is -2.44. The molecule has 0 amide bonds. The molecule has 0 spiro atoms. The van der Waals surface area contributed by atoms with Gasteiger partial charge in [-0.05, 0) is 55.5 Å². The topological polar surface area (TPSA) is 83.9 Å². The van der Waals surface area contributed by atoms with E-state index < -0.39 is 11.9 Å². The molecule has 3 aliphatic rings. The second-order valence-corrected chi connectivity index (χ2v) is 10.6. The first-order valence-corrected chi connectivity index (χ1v) is 13.4. The molecule has 198 valence electrons. The molecule has 1 N–H and O–H groups in total. The summed E-state index contributed by atoms with van der Waals surface area (Å²) in [7, 11) is 0. The van der Waals surface area contributed by atoms with Crippen LogP contribution in [0.15, 0.2) is 58.9 Å². The molecule has 2 aromatic carbocycles. The number of carboxylic acid groups (broad SMARTS) is 1. The first kappa shape index (κ1) is 26.4. The lowest BCUT2D eigenvalue weighted by Crippen LogP contribution is -2.40. The van der Waals surface area contributed by atoms with Gasteiger partial charge in [-0.1, -0.05) is 35.3 Å². The van der Waals surface area contributed by atoms with E-state index in [2.05, 4.69) is 0 Å². The van der Waals surface area contributed by atoms with Crippen LogP contribution in [0.25, 0.3) is 0 Å². The van der Waals surface area contributed by atoms with Crippen LogP contribution in [0.1, 0.15) is 62.0 Å². The van der Waals surface area contributed by atoms with Crippen LogP contribution in [-0.2, 0) is 21.0 Å². The Bertz CT molecular complexity index is 1340. The predicted octanol–water partition coefficient (Wildman–Crippen LogP) is 6.60. The Hall–Kier alpha value is -3.16. The summed E-state index contributed by atoms with van der Waals surface area (Å²) in [6, 6.07) is 9.12. The Morgan fingerprint density at radius 2 is 1.58 bits per heavy atom. The number of allylic oxidation sites excluding steroid dienone is 4. The van der Waals surface area contributed by atoms with Gasteiger partial charge < -0.3 is 14.7 Å². The van der Waals surface area contributed by atoms with Gasteiger partial charge in [0.05, 0.1) is 11.4 Å². The van der Waals surface area contributed by atoms with Crippen molar-refractivity contribution in [1.82, 2.24) is 4.90 Å². The molecule has 0 atom stereocenters. The number of nitrogens with zero attached hydrogens (tertiary/aromatic N) is 1. The summed E-state index contributed by atoms with van der Waals surface area (Å²) in [5.74, 6) is -1.89. The van der Waals surface area contributed by atoms with Crippen LogP contribution >= 0.6 is 23.2 Å². The van der Waals surface area contributed by atoms with Crippen molar-refractivity contribution in [2.24, 2.45) is 0 Å². The molecule has 0 saturated heterocycles. The van der Waals surface area contributed by atoms with Crippen molar-refractivity contribution in [2.75, 3.05) is 6.54 Å². The van der Waals surface area contributed by atoms with E-state index in [0.29, 0.717) is 71.6 Å². The number of benzene rings is 2. The van der Waals surface area contributed by atoms with Gasteiger partial charge in [0.2, 0.25) is 0 Å². The molecule has 38 heavy (non-hydrogen) atoms. The van der Waals surface area contributed by atoms with Gasteiger partial charge in [0.25, 0.3) is 0 Å². The number of Topliss-reactive ketones (excluding diaryl/α,β-unsaturated/α-hetero) is 2. The van der Waals surface area contributed by atoms with Crippen molar-refractivity contribution in [3.8, 4) is 5.75 Å². The molecular weight excluding hydrogens is 532 g/mol. The maximum atomic E-state index is 13.5. The zero-order valence-corrected chi connectivity index (χ0v) is 22.1. The Kier molecular flexibility index (Phi) is 7.59. The summed E-state index contributed by atoms with van der Waals surface area (Å²) in [4.78, 5) is 40.3. The first-order valence-electron chi connectivity index (χ1n) is 12.6. The Morgan fingerprint density at radius 1 is 0.974 bits per heavy atom. The number of hydrogen-bond acceptors (Lipinski definition) is 5. The van der Waals surface area contributed by atoms with Gasteiger partial charge in [-0.25, -0.2) is 4.39 Å². The predicted molar refractivity (Wildman–Crippen MR) is 141 cm³/mol. The van der Waals surface area contributed by atoms with E-state index in [4.69, 9.17) is 27.9 Å². The van der Waals surface area contributed by atoms with Gasteiger partial charge in [-0.15, -0.1) is 0 Å². The van der Waals surface area contributed by atoms with Crippen molar-refractivity contribution in [3.05, 3.63) is 85.9 Å². The summed E-state index contributed by atoms with van der Waals surface area (Å²) < 4.78 is 19.6. The van der Waals surface area contributed by atoms with Gasteiger partial charge in [0, 0.05) is 58.4 Å². The molecule has 0 fully saturated rings. The number of carboxylic acids is 1. The van der Waals surface area contributed by atoms with Gasteiger partial charge in [0.1, 0.15) is 18.2 Å². The third-order valence-electron chi connectivity index (χ3n) is 7.28. The van der Waals surface area contributed by atoms with Crippen molar-refractivity contribution in [3.63, 3.8) is 0 Å². The van der Waals surface area contributed by atoms with E-state index in [1.807, 2.05) is 4.90 Å². The van der Waals surface area contributed by atoms with Crippen molar-refractivity contribution >= 4 is 40.7 Å². The van der Waals surface area contributed by atoms with Crippen LogP contribution in [-0.4, -0.2) is 34.1 Å². The van der Waals surface area contributed by atoms with Crippen molar-refractivity contribution in [2.45, 2.75) is 57.5 Å². The van der Waals surface area contributed by atoms with Gasteiger partial charge in [-0.3, -0.25) is 14.4 Å². The third-order valence-corrected chi connectivity index (χ3v) is 7.78. The Balaban J connectivity index is 1.66. The normalized spacial score (nSPS) is 18.0. The summed E-state index contributed by atoms with van der Waals surface area (Å²) >= 11 is 13.1. The molecule has 5 rings (SSSR count). The smallest absolute Gasteiger partial charge is 0.305 e. The molecule has 1 heterocycles. The Labute approximate surface area is 229 Å². The number of halogens is 3. The molecule has 9 heteroatoms.